The van der Waals surface area contributed by atoms with Crippen LogP contribution in [0.25, 0.3) is 11.1 Å². The summed E-state index contributed by atoms with van der Waals surface area (Å²) in [5.41, 5.74) is 4.00. The van der Waals surface area contributed by atoms with Crippen molar-refractivity contribution in [2.24, 2.45) is 0 Å². The van der Waals surface area contributed by atoms with Crippen molar-refractivity contribution in [2.75, 3.05) is 17.7 Å². The average molecular weight is 439 g/mol. The minimum Gasteiger partial charge on any atom is -0.497 e. The second-order valence-electron chi connectivity index (χ2n) is 7.37. The highest BCUT2D eigenvalue weighted by atomic mass is 35.5. The SMILES string of the molecule is CCc1nn2c(c1-c1cccc(OC)c1)NC(=O)C2CC(=O)Nc1cccc(Cl)c1C. The minimum atomic E-state index is -0.723. The highest BCUT2D eigenvalue weighted by molar-refractivity contribution is 6.31. The Kier molecular flexibility index (Phi) is 5.69. The number of carbonyl (C=O) groups is 2. The molecular formula is C23H23ClN4O3. The van der Waals surface area contributed by atoms with Crippen molar-refractivity contribution in [3.63, 3.8) is 0 Å². The van der Waals surface area contributed by atoms with Crippen LogP contribution in [0.4, 0.5) is 11.5 Å². The normalized spacial score (nSPS) is 14.8. The van der Waals surface area contributed by atoms with Gasteiger partial charge in [0.15, 0.2) is 0 Å². The molecule has 3 aromatic rings. The van der Waals surface area contributed by atoms with Gasteiger partial charge in [-0.25, -0.2) is 4.68 Å². The van der Waals surface area contributed by atoms with E-state index in [0.29, 0.717) is 22.9 Å². The Hall–Kier alpha value is -3.32. The fourth-order valence-corrected chi connectivity index (χ4v) is 3.94. The summed E-state index contributed by atoms with van der Waals surface area (Å²) in [5, 5.41) is 11.0. The first kappa shape index (κ1) is 20.9. The van der Waals surface area contributed by atoms with Gasteiger partial charge in [-0.3, -0.25) is 9.59 Å². The van der Waals surface area contributed by atoms with Crippen LogP contribution in [0.1, 0.15) is 30.6 Å². The molecule has 1 aromatic heterocycles. The Labute approximate surface area is 185 Å². The van der Waals surface area contributed by atoms with Crippen LogP contribution in [-0.4, -0.2) is 28.7 Å². The highest BCUT2D eigenvalue weighted by Crippen LogP contribution is 2.39. The molecule has 2 aromatic carbocycles. The number of nitrogens with one attached hydrogen (secondary N) is 2. The van der Waals surface area contributed by atoms with Crippen LogP contribution < -0.4 is 15.4 Å². The molecule has 8 heteroatoms. The number of anilines is 2. The maximum atomic E-state index is 12.7. The van der Waals surface area contributed by atoms with Gasteiger partial charge < -0.3 is 15.4 Å². The third-order valence-corrected chi connectivity index (χ3v) is 5.85. The average Bonchev–Trinajstić information content (AvgIpc) is 3.26. The molecule has 0 saturated carbocycles. The monoisotopic (exact) mass is 438 g/mol. The summed E-state index contributed by atoms with van der Waals surface area (Å²) in [6, 6.07) is 12.2. The van der Waals surface area contributed by atoms with Gasteiger partial charge in [-0.05, 0) is 48.7 Å². The van der Waals surface area contributed by atoms with E-state index in [0.717, 1.165) is 28.1 Å². The summed E-state index contributed by atoms with van der Waals surface area (Å²) >= 11 is 6.14. The van der Waals surface area contributed by atoms with Crippen LogP contribution in [0.15, 0.2) is 42.5 Å². The molecule has 1 aliphatic rings. The number of hydrogen-bond acceptors (Lipinski definition) is 4. The number of methoxy groups -OCH3 is 1. The zero-order valence-corrected chi connectivity index (χ0v) is 18.3. The van der Waals surface area contributed by atoms with Crippen LogP contribution in [-0.2, 0) is 16.0 Å². The van der Waals surface area contributed by atoms with Crippen molar-refractivity contribution in [1.82, 2.24) is 9.78 Å². The van der Waals surface area contributed by atoms with Crippen molar-refractivity contribution in [3.05, 3.63) is 58.7 Å². The molecule has 1 aliphatic heterocycles. The maximum absolute atomic E-state index is 12.7. The lowest BCUT2D eigenvalue weighted by Crippen LogP contribution is -2.24. The third-order valence-electron chi connectivity index (χ3n) is 5.44. The smallest absolute Gasteiger partial charge is 0.251 e. The van der Waals surface area contributed by atoms with Crippen molar-refractivity contribution in [3.8, 4) is 16.9 Å². The molecule has 2 N–H and O–H groups in total. The Bertz CT molecular complexity index is 1170. The third kappa shape index (κ3) is 3.88. The molecule has 1 atom stereocenters. The number of hydrogen-bond donors (Lipinski definition) is 2. The van der Waals surface area contributed by atoms with E-state index in [4.69, 9.17) is 16.3 Å². The fraction of sp³-hybridized carbons (Fsp3) is 0.261. The minimum absolute atomic E-state index is 0.0346. The summed E-state index contributed by atoms with van der Waals surface area (Å²) in [7, 11) is 1.61. The Morgan fingerprint density at radius 3 is 2.81 bits per heavy atom. The number of aryl methyl sites for hydroxylation is 1. The maximum Gasteiger partial charge on any atom is 0.251 e. The Morgan fingerprint density at radius 2 is 2.06 bits per heavy atom. The van der Waals surface area contributed by atoms with Gasteiger partial charge in [0.2, 0.25) is 5.91 Å². The van der Waals surface area contributed by atoms with Crippen LogP contribution in [0.5, 0.6) is 5.75 Å². The molecule has 160 valence electrons. The summed E-state index contributed by atoms with van der Waals surface area (Å²) < 4.78 is 6.96. The lowest BCUT2D eigenvalue weighted by molar-refractivity contribution is -0.123. The molecule has 31 heavy (non-hydrogen) atoms. The lowest BCUT2D eigenvalue weighted by Gasteiger charge is -2.12. The molecule has 1 unspecified atom stereocenters. The highest BCUT2D eigenvalue weighted by Gasteiger charge is 2.36. The quantitative estimate of drug-likeness (QED) is 0.588. The molecule has 0 saturated heterocycles. The van der Waals surface area contributed by atoms with Gasteiger partial charge in [0.25, 0.3) is 5.91 Å². The van der Waals surface area contributed by atoms with E-state index in [1.165, 1.54) is 0 Å². The van der Waals surface area contributed by atoms with E-state index in [1.807, 2.05) is 38.1 Å². The van der Waals surface area contributed by atoms with Crippen LogP contribution in [0.3, 0.4) is 0 Å². The van der Waals surface area contributed by atoms with Crippen LogP contribution in [0, 0.1) is 6.92 Å². The van der Waals surface area contributed by atoms with Crippen LogP contribution in [0.2, 0.25) is 5.02 Å². The first-order valence-corrected chi connectivity index (χ1v) is 10.4. The summed E-state index contributed by atoms with van der Waals surface area (Å²) in [5.74, 6) is 0.783. The largest absolute Gasteiger partial charge is 0.497 e. The second-order valence-corrected chi connectivity index (χ2v) is 7.78. The number of benzene rings is 2. The van der Waals surface area contributed by atoms with Gasteiger partial charge in [0.05, 0.1) is 19.2 Å². The van der Waals surface area contributed by atoms with Gasteiger partial charge in [-0.1, -0.05) is 36.7 Å². The molecule has 4 rings (SSSR count). The van der Waals surface area contributed by atoms with E-state index in [-0.39, 0.29) is 18.2 Å². The molecule has 2 heterocycles. The first-order valence-electron chi connectivity index (χ1n) is 10.0. The lowest BCUT2D eigenvalue weighted by atomic mass is 10.0. The van der Waals surface area contributed by atoms with Crippen molar-refractivity contribution in [1.29, 1.82) is 0 Å². The molecular weight excluding hydrogens is 416 g/mol. The summed E-state index contributed by atoms with van der Waals surface area (Å²) in [4.78, 5) is 25.4. The van der Waals surface area contributed by atoms with E-state index in [9.17, 15) is 9.59 Å². The molecule has 0 radical (unpaired) electrons. The number of rotatable bonds is 6. The predicted octanol–water partition coefficient (Wildman–Crippen LogP) is 4.60. The Balaban J connectivity index is 1.63. The summed E-state index contributed by atoms with van der Waals surface area (Å²) in [6.45, 7) is 3.84. The van der Waals surface area contributed by atoms with Gasteiger partial charge in [-0.15, -0.1) is 0 Å². The molecule has 0 fully saturated rings. The van der Waals surface area contributed by atoms with Gasteiger partial charge in [0.1, 0.15) is 17.6 Å². The number of fused-ring (bicyclic) bond motifs is 1. The van der Waals surface area contributed by atoms with Crippen molar-refractivity contribution >= 4 is 34.9 Å². The fourth-order valence-electron chi connectivity index (χ4n) is 3.77. The number of carbonyl (C=O) groups excluding carboxylic acids is 2. The van der Waals surface area contributed by atoms with Crippen molar-refractivity contribution < 1.29 is 14.3 Å². The molecule has 0 spiro atoms. The first-order chi connectivity index (χ1) is 14.9. The van der Waals surface area contributed by atoms with Gasteiger partial charge in [-0.2, -0.15) is 5.10 Å². The number of aromatic nitrogens is 2. The van der Waals surface area contributed by atoms with E-state index < -0.39 is 6.04 Å². The number of nitrogens with zero attached hydrogens (tertiary/aromatic N) is 2. The van der Waals surface area contributed by atoms with E-state index in [2.05, 4.69) is 15.7 Å². The van der Waals surface area contributed by atoms with Gasteiger partial charge in [0, 0.05) is 16.3 Å². The molecule has 7 nitrogen and oxygen atoms in total. The topological polar surface area (TPSA) is 85.2 Å². The van der Waals surface area contributed by atoms with E-state index >= 15 is 0 Å². The number of halogens is 1. The zero-order chi connectivity index (χ0) is 22.1. The van der Waals surface area contributed by atoms with Gasteiger partial charge >= 0.3 is 0 Å². The molecule has 0 aliphatic carbocycles. The Morgan fingerprint density at radius 1 is 1.29 bits per heavy atom. The van der Waals surface area contributed by atoms with Crippen LogP contribution >= 0.6 is 11.6 Å². The molecule has 0 bridgehead atoms. The zero-order valence-electron chi connectivity index (χ0n) is 17.5. The second kappa shape index (κ2) is 8.43. The summed E-state index contributed by atoms with van der Waals surface area (Å²) in [6.07, 6.45) is 0.649. The van der Waals surface area contributed by atoms with Crippen molar-refractivity contribution in [2.45, 2.75) is 32.7 Å². The molecule has 2 amide bonds. The standard InChI is InChI=1S/C23H23ClN4O3/c1-4-17-21(14-7-5-8-15(11-14)31-3)22-26-23(30)19(28(22)27-17)12-20(29)25-18-10-6-9-16(24)13(18)2/h5-11,19H,4,12H2,1-3H3,(H,25,29)(H,26,30). The number of amides is 2. The van der Waals surface area contributed by atoms with E-state index in [1.54, 1.807) is 30.0 Å². The predicted molar refractivity (Wildman–Crippen MR) is 121 cm³/mol. The number of ether oxygens (including phenoxy) is 1.